The van der Waals surface area contributed by atoms with Gasteiger partial charge in [-0.05, 0) is 30.7 Å². The van der Waals surface area contributed by atoms with Crippen LogP contribution in [0.3, 0.4) is 0 Å². The largest absolute Gasteiger partial charge is 0.463 e. The van der Waals surface area contributed by atoms with Gasteiger partial charge in [0, 0.05) is 11.0 Å². The summed E-state index contributed by atoms with van der Waals surface area (Å²) in [6, 6.07) is 4.18. The predicted octanol–water partition coefficient (Wildman–Crippen LogP) is 2.80. The van der Waals surface area contributed by atoms with Crippen molar-refractivity contribution < 1.29 is 9.53 Å². The number of thiophene rings is 1. The van der Waals surface area contributed by atoms with Gasteiger partial charge in [0.25, 0.3) is 0 Å². The van der Waals surface area contributed by atoms with Crippen LogP contribution in [0.4, 0.5) is 0 Å². The summed E-state index contributed by atoms with van der Waals surface area (Å²) in [5.74, 6) is -0.332. The smallest absolute Gasteiger partial charge is 0.330 e. The minimum atomic E-state index is -0.332. The van der Waals surface area contributed by atoms with E-state index in [1.807, 2.05) is 0 Å². The number of hydrogen-bond donors (Lipinski definition) is 0. The van der Waals surface area contributed by atoms with Crippen LogP contribution in [0.5, 0.6) is 0 Å². The molecule has 1 rings (SSSR count). The van der Waals surface area contributed by atoms with E-state index in [9.17, 15) is 4.79 Å². The van der Waals surface area contributed by atoms with Gasteiger partial charge in [-0.1, -0.05) is 12.6 Å². The first kappa shape index (κ1) is 11.0. The highest BCUT2D eigenvalue weighted by atomic mass is 32.1. The normalized spacial score (nSPS) is 9.71. The highest BCUT2D eigenvalue weighted by molar-refractivity contribution is 7.09. The first-order valence-corrected chi connectivity index (χ1v) is 5.52. The van der Waals surface area contributed by atoms with E-state index < -0.39 is 0 Å². The van der Waals surface area contributed by atoms with Crippen molar-refractivity contribution in [1.29, 1.82) is 0 Å². The standard InChI is InChI=1S/C11H14O2S/c1-2-11(12)13-8-4-3-6-10-7-5-9-14-10/h2,5,7,9H,1,3-4,6,8H2. The molecule has 0 fully saturated rings. The Kier molecular flexibility index (Phi) is 5.00. The lowest BCUT2D eigenvalue weighted by atomic mass is 10.2. The third kappa shape index (κ3) is 4.23. The topological polar surface area (TPSA) is 26.3 Å². The fourth-order valence-corrected chi connectivity index (χ4v) is 1.84. The van der Waals surface area contributed by atoms with E-state index in [0.717, 1.165) is 19.3 Å². The summed E-state index contributed by atoms with van der Waals surface area (Å²) in [7, 11) is 0. The first-order valence-electron chi connectivity index (χ1n) is 4.64. The van der Waals surface area contributed by atoms with E-state index in [0.29, 0.717) is 6.61 Å². The van der Waals surface area contributed by atoms with Gasteiger partial charge in [0.2, 0.25) is 0 Å². The van der Waals surface area contributed by atoms with Crippen LogP contribution in [0.1, 0.15) is 17.7 Å². The van der Waals surface area contributed by atoms with Crippen LogP contribution in [0, 0.1) is 0 Å². The molecule has 0 bridgehead atoms. The Morgan fingerprint density at radius 3 is 3.07 bits per heavy atom. The molecule has 0 atom stereocenters. The Morgan fingerprint density at radius 1 is 1.57 bits per heavy atom. The van der Waals surface area contributed by atoms with Gasteiger partial charge in [0.1, 0.15) is 0 Å². The second-order valence-electron chi connectivity index (χ2n) is 2.91. The molecule has 0 aliphatic carbocycles. The van der Waals surface area contributed by atoms with Gasteiger partial charge >= 0.3 is 5.97 Å². The van der Waals surface area contributed by atoms with E-state index in [1.165, 1.54) is 11.0 Å². The zero-order valence-electron chi connectivity index (χ0n) is 8.07. The second kappa shape index (κ2) is 6.38. The van der Waals surface area contributed by atoms with Crippen LogP contribution in [0.2, 0.25) is 0 Å². The number of carbonyl (C=O) groups is 1. The molecule has 0 radical (unpaired) electrons. The number of hydrogen-bond acceptors (Lipinski definition) is 3. The Morgan fingerprint density at radius 2 is 2.43 bits per heavy atom. The van der Waals surface area contributed by atoms with Gasteiger partial charge in [-0.3, -0.25) is 0 Å². The summed E-state index contributed by atoms with van der Waals surface area (Å²) in [6.45, 7) is 3.82. The predicted molar refractivity (Wildman–Crippen MR) is 58.4 cm³/mol. The maximum atomic E-state index is 10.7. The summed E-state index contributed by atoms with van der Waals surface area (Å²) in [5, 5.41) is 2.08. The molecule has 0 unspecified atom stereocenters. The molecule has 0 aliphatic heterocycles. The monoisotopic (exact) mass is 210 g/mol. The van der Waals surface area contributed by atoms with Gasteiger partial charge in [0.05, 0.1) is 6.61 Å². The molecule has 1 heterocycles. The van der Waals surface area contributed by atoms with Crippen LogP contribution in [-0.2, 0) is 16.0 Å². The van der Waals surface area contributed by atoms with E-state index in [2.05, 4.69) is 24.1 Å². The zero-order chi connectivity index (χ0) is 10.2. The van der Waals surface area contributed by atoms with Crippen molar-refractivity contribution in [3.8, 4) is 0 Å². The fourth-order valence-electron chi connectivity index (χ4n) is 1.09. The average Bonchev–Trinajstić information content (AvgIpc) is 2.69. The molecule has 2 nitrogen and oxygen atoms in total. The Bertz CT molecular complexity index is 277. The number of ether oxygens (including phenoxy) is 1. The third-order valence-electron chi connectivity index (χ3n) is 1.81. The molecular formula is C11H14O2S. The van der Waals surface area contributed by atoms with Crippen LogP contribution >= 0.6 is 11.3 Å². The number of unbranched alkanes of at least 4 members (excludes halogenated alkanes) is 1. The van der Waals surface area contributed by atoms with Crippen molar-refractivity contribution >= 4 is 17.3 Å². The summed E-state index contributed by atoms with van der Waals surface area (Å²) >= 11 is 1.77. The lowest BCUT2D eigenvalue weighted by Gasteiger charge is -2.00. The van der Waals surface area contributed by atoms with Crippen LogP contribution < -0.4 is 0 Å². The number of carbonyl (C=O) groups excluding carboxylic acids is 1. The van der Waals surface area contributed by atoms with Crippen LogP contribution in [0.15, 0.2) is 30.2 Å². The third-order valence-corrected chi connectivity index (χ3v) is 2.74. The Hall–Kier alpha value is -1.09. The molecule has 14 heavy (non-hydrogen) atoms. The lowest BCUT2D eigenvalue weighted by Crippen LogP contribution is -2.01. The molecule has 0 aliphatic rings. The van der Waals surface area contributed by atoms with Crippen molar-refractivity contribution in [3.63, 3.8) is 0 Å². The summed E-state index contributed by atoms with van der Waals surface area (Å²) in [4.78, 5) is 12.1. The fraction of sp³-hybridized carbons (Fsp3) is 0.364. The van der Waals surface area contributed by atoms with Crippen molar-refractivity contribution in [3.05, 3.63) is 35.0 Å². The van der Waals surface area contributed by atoms with Gasteiger partial charge in [-0.15, -0.1) is 11.3 Å². The van der Waals surface area contributed by atoms with E-state index in [4.69, 9.17) is 4.74 Å². The highest BCUT2D eigenvalue weighted by Crippen LogP contribution is 2.11. The molecule has 3 heteroatoms. The van der Waals surface area contributed by atoms with Crippen LogP contribution in [-0.4, -0.2) is 12.6 Å². The van der Waals surface area contributed by atoms with Crippen LogP contribution in [0.25, 0.3) is 0 Å². The van der Waals surface area contributed by atoms with E-state index in [1.54, 1.807) is 11.3 Å². The summed E-state index contributed by atoms with van der Waals surface area (Å²) in [5.41, 5.74) is 0. The summed E-state index contributed by atoms with van der Waals surface area (Å²) < 4.78 is 4.86. The quantitative estimate of drug-likeness (QED) is 0.410. The number of esters is 1. The molecule has 0 N–H and O–H groups in total. The molecule has 0 saturated carbocycles. The summed E-state index contributed by atoms with van der Waals surface area (Å²) in [6.07, 6.45) is 4.24. The van der Waals surface area contributed by atoms with Gasteiger partial charge in [-0.2, -0.15) is 0 Å². The van der Waals surface area contributed by atoms with Crippen molar-refractivity contribution in [2.24, 2.45) is 0 Å². The molecule has 76 valence electrons. The second-order valence-corrected chi connectivity index (χ2v) is 3.94. The van der Waals surface area contributed by atoms with Gasteiger partial charge in [-0.25, -0.2) is 4.79 Å². The molecule has 1 aromatic heterocycles. The van der Waals surface area contributed by atoms with E-state index >= 15 is 0 Å². The van der Waals surface area contributed by atoms with Crippen molar-refractivity contribution in [2.45, 2.75) is 19.3 Å². The van der Waals surface area contributed by atoms with Gasteiger partial charge in [0.15, 0.2) is 0 Å². The maximum absolute atomic E-state index is 10.7. The first-order chi connectivity index (χ1) is 6.83. The molecule has 0 aromatic carbocycles. The SMILES string of the molecule is C=CC(=O)OCCCCc1cccs1. The number of rotatable bonds is 6. The minimum Gasteiger partial charge on any atom is -0.463 e. The average molecular weight is 210 g/mol. The molecular weight excluding hydrogens is 196 g/mol. The Balaban J connectivity index is 2.00. The highest BCUT2D eigenvalue weighted by Gasteiger charge is 1.96. The molecule has 0 spiro atoms. The molecule has 0 saturated heterocycles. The lowest BCUT2D eigenvalue weighted by molar-refractivity contribution is -0.137. The Labute approximate surface area is 88.2 Å². The molecule has 1 aromatic rings. The van der Waals surface area contributed by atoms with Gasteiger partial charge < -0.3 is 4.74 Å². The molecule has 0 amide bonds. The zero-order valence-corrected chi connectivity index (χ0v) is 8.89. The minimum absolute atomic E-state index is 0.332. The maximum Gasteiger partial charge on any atom is 0.330 e. The van der Waals surface area contributed by atoms with Crippen molar-refractivity contribution in [1.82, 2.24) is 0 Å². The van der Waals surface area contributed by atoms with E-state index in [-0.39, 0.29) is 5.97 Å². The number of aryl methyl sites for hydroxylation is 1. The van der Waals surface area contributed by atoms with Crippen molar-refractivity contribution in [2.75, 3.05) is 6.61 Å².